The smallest absolute Gasteiger partial charge is 0.319 e. The molecular formula is C19H25N3O4. The molecule has 0 saturated heterocycles. The Bertz CT molecular complexity index is 711. The molecule has 1 aliphatic carbocycles. The number of urea groups is 1. The standard InChI is InChI=1S/C19H25N3O4/c1-12(23)22-10-2-3-14-11-16(8-9-17(14)22)21-19(26)20-15-6-4-13(5-7-15)18(24)25/h8-9,11,13,15H,2-7,10H2,1H3,(H,24,25)(H2,20,21,26). The van der Waals surface area contributed by atoms with Crippen LogP contribution in [0.5, 0.6) is 0 Å². The van der Waals surface area contributed by atoms with Crippen molar-refractivity contribution in [2.45, 2.75) is 51.5 Å². The lowest BCUT2D eigenvalue weighted by Gasteiger charge is -2.29. The van der Waals surface area contributed by atoms with Gasteiger partial charge in [0.2, 0.25) is 5.91 Å². The molecule has 7 heteroatoms. The van der Waals surface area contributed by atoms with Crippen molar-refractivity contribution in [1.29, 1.82) is 0 Å². The quantitative estimate of drug-likeness (QED) is 0.773. The first-order chi connectivity index (χ1) is 12.4. The molecule has 26 heavy (non-hydrogen) atoms. The fraction of sp³-hybridized carbons (Fsp3) is 0.526. The van der Waals surface area contributed by atoms with Crippen LogP contribution in [0.3, 0.4) is 0 Å². The highest BCUT2D eigenvalue weighted by molar-refractivity contribution is 5.94. The first-order valence-electron chi connectivity index (χ1n) is 9.15. The van der Waals surface area contributed by atoms with Crippen molar-refractivity contribution >= 4 is 29.3 Å². The zero-order valence-electron chi connectivity index (χ0n) is 15.0. The van der Waals surface area contributed by atoms with E-state index in [4.69, 9.17) is 5.11 Å². The van der Waals surface area contributed by atoms with Crippen molar-refractivity contribution < 1.29 is 19.5 Å². The summed E-state index contributed by atoms with van der Waals surface area (Å²) in [6.45, 7) is 2.29. The molecule has 0 radical (unpaired) electrons. The number of aliphatic carboxylic acids is 1. The molecule has 0 unspecified atom stereocenters. The lowest BCUT2D eigenvalue weighted by atomic mass is 9.86. The zero-order chi connectivity index (χ0) is 18.7. The molecule has 140 valence electrons. The third-order valence-corrected chi connectivity index (χ3v) is 5.25. The van der Waals surface area contributed by atoms with E-state index in [1.807, 2.05) is 12.1 Å². The van der Waals surface area contributed by atoms with E-state index < -0.39 is 5.97 Å². The molecule has 3 N–H and O–H groups in total. The van der Waals surface area contributed by atoms with Gasteiger partial charge in [-0.15, -0.1) is 0 Å². The number of hydrogen-bond donors (Lipinski definition) is 3. The van der Waals surface area contributed by atoms with Gasteiger partial charge in [-0.1, -0.05) is 0 Å². The first-order valence-corrected chi connectivity index (χ1v) is 9.15. The molecular weight excluding hydrogens is 334 g/mol. The van der Waals surface area contributed by atoms with Gasteiger partial charge in [-0.2, -0.15) is 0 Å². The number of benzene rings is 1. The Morgan fingerprint density at radius 1 is 1.15 bits per heavy atom. The summed E-state index contributed by atoms with van der Waals surface area (Å²) in [5.41, 5.74) is 2.68. The summed E-state index contributed by atoms with van der Waals surface area (Å²) in [6.07, 6.45) is 4.36. The normalized spacial score (nSPS) is 22.3. The summed E-state index contributed by atoms with van der Waals surface area (Å²) in [6, 6.07) is 5.34. The number of rotatable bonds is 3. The number of carboxylic acid groups (broad SMARTS) is 1. The minimum Gasteiger partial charge on any atom is -0.481 e. The van der Waals surface area contributed by atoms with Gasteiger partial charge >= 0.3 is 12.0 Å². The van der Waals surface area contributed by atoms with E-state index >= 15 is 0 Å². The van der Waals surface area contributed by atoms with Crippen LogP contribution in [0.1, 0.15) is 44.6 Å². The minimum absolute atomic E-state index is 0.0106. The van der Waals surface area contributed by atoms with Crippen LogP contribution in [0.4, 0.5) is 16.2 Å². The first kappa shape index (κ1) is 18.2. The van der Waals surface area contributed by atoms with Gasteiger partial charge in [0.05, 0.1) is 5.92 Å². The lowest BCUT2D eigenvalue weighted by Crippen LogP contribution is -2.41. The maximum Gasteiger partial charge on any atom is 0.319 e. The number of fused-ring (bicyclic) bond motifs is 1. The number of hydrogen-bond acceptors (Lipinski definition) is 3. The number of amides is 3. The molecule has 1 saturated carbocycles. The van der Waals surface area contributed by atoms with Crippen LogP contribution >= 0.6 is 0 Å². The van der Waals surface area contributed by atoms with Crippen LogP contribution in [0.25, 0.3) is 0 Å². The van der Waals surface area contributed by atoms with Gasteiger partial charge in [-0.3, -0.25) is 9.59 Å². The largest absolute Gasteiger partial charge is 0.481 e. The Labute approximate surface area is 152 Å². The summed E-state index contributed by atoms with van der Waals surface area (Å²) in [5, 5.41) is 14.8. The van der Waals surface area contributed by atoms with Crippen molar-refractivity contribution in [1.82, 2.24) is 5.32 Å². The van der Waals surface area contributed by atoms with Gasteiger partial charge < -0.3 is 20.6 Å². The molecule has 2 aliphatic rings. The summed E-state index contributed by atoms with van der Waals surface area (Å²) in [4.78, 5) is 36.7. The second-order valence-corrected chi connectivity index (χ2v) is 7.10. The fourth-order valence-electron chi connectivity index (χ4n) is 3.84. The van der Waals surface area contributed by atoms with Crippen molar-refractivity contribution in [3.05, 3.63) is 23.8 Å². The Morgan fingerprint density at radius 3 is 2.54 bits per heavy atom. The maximum absolute atomic E-state index is 12.2. The molecule has 0 bridgehead atoms. The van der Waals surface area contributed by atoms with Crippen molar-refractivity contribution in [2.75, 3.05) is 16.8 Å². The number of anilines is 2. The van der Waals surface area contributed by atoms with Gasteiger partial charge in [0.15, 0.2) is 0 Å². The summed E-state index contributed by atoms with van der Waals surface area (Å²) in [5.74, 6) is -1.01. The van der Waals surface area contributed by atoms with Crippen LogP contribution in [-0.4, -0.2) is 35.6 Å². The molecule has 0 atom stereocenters. The van der Waals surface area contributed by atoms with E-state index in [2.05, 4.69) is 10.6 Å². The SMILES string of the molecule is CC(=O)N1CCCc2cc(NC(=O)NC3CCC(C(=O)O)CC3)ccc21. The summed E-state index contributed by atoms with van der Waals surface area (Å²) >= 11 is 0. The average Bonchev–Trinajstić information content (AvgIpc) is 2.61. The summed E-state index contributed by atoms with van der Waals surface area (Å²) < 4.78 is 0. The molecule has 0 aromatic heterocycles. The number of aryl methyl sites for hydroxylation is 1. The number of carbonyl (C=O) groups excluding carboxylic acids is 2. The molecule has 0 spiro atoms. The molecule has 1 fully saturated rings. The molecule has 7 nitrogen and oxygen atoms in total. The Morgan fingerprint density at radius 2 is 1.88 bits per heavy atom. The molecule has 3 amide bonds. The predicted molar refractivity (Wildman–Crippen MR) is 98.3 cm³/mol. The van der Waals surface area contributed by atoms with Crippen molar-refractivity contribution in [3.63, 3.8) is 0 Å². The second kappa shape index (κ2) is 7.76. The highest BCUT2D eigenvalue weighted by Crippen LogP contribution is 2.30. The molecule has 1 heterocycles. The molecule has 3 rings (SSSR count). The van der Waals surface area contributed by atoms with Crippen LogP contribution in [0, 0.1) is 5.92 Å². The Hall–Kier alpha value is -2.57. The number of nitrogens with one attached hydrogen (secondary N) is 2. The van der Waals surface area contributed by atoms with Crippen LogP contribution < -0.4 is 15.5 Å². The third kappa shape index (κ3) is 4.15. The monoisotopic (exact) mass is 359 g/mol. The average molecular weight is 359 g/mol. The molecule has 1 aromatic carbocycles. The van der Waals surface area contributed by atoms with Gasteiger partial charge in [0.1, 0.15) is 0 Å². The van der Waals surface area contributed by atoms with E-state index in [0.29, 0.717) is 31.4 Å². The van der Waals surface area contributed by atoms with Crippen molar-refractivity contribution in [2.24, 2.45) is 5.92 Å². The van der Waals surface area contributed by atoms with Gasteiger partial charge in [0, 0.05) is 30.9 Å². The van der Waals surface area contributed by atoms with Crippen molar-refractivity contribution in [3.8, 4) is 0 Å². The maximum atomic E-state index is 12.2. The van der Waals surface area contributed by atoms with Gasteiger partial charge in [-0.25, -0.2) is 4.79 Å². The van der Waals surface area contributed by atoms with Gasteiger partial charge in [0.25, 0.3) is 0 Å². The van der Waals surface area contributed by atoms with E-state index in [-0.39, 0.29) is 23.9 Å². The molecule has 1 aliphatic heterocycles. The summed E-state index contributed by atoms with van der Waals surface area (Å²) in [7, 11) is 0. The predicted octanol–water partition coefficient (Wildman–Crippen LogP) is 2.75. The van der Waals surface area contributed by atoms with Crippen LogP contribution in [0.15, 0.2) is 18.2 Å². The number of carboxylic acids is 1. The highest BCUT2D eigenvalue weighted by Gasteiger charge is 2.27. The Kier molecular flexibility index (Phi) is 5.44. The number of nitrogens with zero attached hydrogens (tertiary/aromatic N) is 1. The zero-order valence-corrected chi connectivity index (χ0v) is 15.0. The van der Waals surface area contributed by atoms with E-state index in [1.165, 1.54) is 0 Å². The van der Waals surface area contributed by atoms with E-state index in [1.54, 1.807) is 17.9 Å². The number of carbonyl (C=O) groups is 3. The third-order valence-electron chi connectivity index (χ3n) is 5.25. The van der Waals surface area contributed by atoms with E-state index in [0.717, 1.165) is 30.6 Å². The highest BCUT2D eigenvalue weighted by atomic mass is 16.4. The van der Waals surface area contributed by atoms with Crippen LogP contribution in [-0.2, 0) is 16.0 Å². The Balaban J connectivity index is 1.57. The topological polar surface area (TPSA) is 98.7 Å². The van der Waals surface area contributed by atoms with E-state index in [9.17, 15) is 14.4 Å². The van der Waals surface area contributed by atoms with Crippen LogP contribution in [0.2, 0.25) is 0 Å². The minimum atomic E-state index is -0.749. The molecule has 1 aromatic rings. The lowest BCUT2D eigenvalue weighted by molar-refractivity contribution is -0.142. The second-order valence-electron chi connectivity index (χ2n) is 7.10. The van der Waals surface area contributed by atoms with Gasteiger partial charge in [-0.05, 0) is 62.3 Å². The fourth-order valence-corrected chi connectivity index (χ4v) is 3.84.